The summed E-state index contributed by atoms with van der Waals surface area (Å²) >= 11 is 0. The van der Waals surface area contributed by atoms with Crippen LogP contribution in [0.5, 0.6) is 0 Å². The summed E-state index contributed by atoms with van der Waals surface area (Å²) in [6.07, 6.45) is 4.43. The predicted molar refractivity (Wildman–Crippen MR) is 69.2 cm³/mol. The number of benzene rings is 1. The summed E-state index contributed by atoms with van der Waals surface area (Å²) in [5, 5.41) is 11.8. The van der Waals surface area contributed by atoms with Crippen LogP contribution in [0.25, 0.3) is 0 Å². The van der Waals surface area contributed by atoms with Gasteiger partial charge in [0.15, 0.2) is 5.78 Å². The number of rotatable bonds is 3. The Kier molecular flexibility index (Phi) is 7.27. The molecule has 1 aromatic rings. The summed E-state index contributed by atoms with van der Waals surface area (Å²) in [6.45, 7) is 2.42. The average Bonchev–Trinajstić information content (AvgIpc) is 2.43. The third-order valence-electron chi connectivity index (χ3n) is 2.64. The zero-order valence-electron chi connectivity index (χ0n) is 10.2. The second-order valence-electron chi connectivity index (χ2n) is 4.07. The molecule has 0 aliphatic carbocycles. The van der Waals surface area contributed by atoms with E-state index in [4.69, 9.17) is 5.11 Å². The number of aliphatic hydroxyl groups is 1. The van der Waals surface area contributed by atoms with E-state index in [2.05, 4.69) is 5.32 Å². The van der Waals surface area contributed by atoms with Crippen LogP contribution < -0.4 is 5.32 Å². The molecule has 1 saturated heterocycles. The van der Waals surface area contributed by atoms with Gasteiger partial charge in [0.1, 0.15) is 0 Å². The first-order valence-electron chi connectivity index (χ1n) is 6.24. The molecule has 3 heteroatoms. The molecule has 2 rings (SSSR count). The van der Waals surface area contributed by atoms with Gasteiger partial charge in [0.05, 0.1) is 6.61 Å². The number of hydrogen-bond donors (Lipinski definition) is 2. The minimum atomic E-state index is -0.0757. The number of ketones is 1. The van der Waals surface area contributed by atoms with Crippen LogP contribution in [0.15, 0.2) is 30.3 Å². The highest BCUT2D eigenvalue weighted by atomic mass is 16.3. The first-order valence-corrected chi connectivity index (χ1v) is 6.24. The van der Waals surface area contributed by atoms with Gasteiger partial charge in [-0.15, -0.1) is 0 Å². The molecule has 1 aliphatic rings. The van der Waals surface area contributed by atoms with Crippen molar-refractivity contribution in [2.45, 2.75) is 25.7 Å². The zero-order chi connectivity index (χ0) is 12.3. The molecular formula is C14H21NO2. The highest BCUT2D eigenvalue weighted by Gasteiger charge is 2.01. The van der Waals surface area contributed by atoms with Crippen molar-refractivity contribution in [3.05, 3.63) is 35.9 Å². The van der Waals surface area contributed by atoms with E-state index in [0.29, 0.717) is 5.56 Å². The number of nitrogens with one attached hydrogen (secondary N) is 1. The Labute approximate surface area is 103 Å². The number of Topliss-reactive ketones (excluding diaryl/α,β-unsaturated/α-hetero) is 1. The van der Waals surface area contributed by atoms with Crippen LogP contribution in [0.4, 0.5) is 0 Å². The Bertz CT molecular complexity index is 296. The van der Waals surface area contributed by atoms with Gasteiger partial charge in [-0.2, -0.15) is 0 Å². The molecule has 0 unspecified atom stereocenters. The Morgan fingerprint density at radius 2 is 1.76 bits per heavy atom. The maximum absolute atomic E-state index is 11.1. The van der Waals surface area contributed by atoms with Crippen LogP contribution in [-0.4, -0.2) is 30.6 Å². The Morgan fingerprint density at radius 3 is 2.18 bits per heavy atom. The van der Waals surface area contributed by atoms with E-state index in [1.54, 1.807) is 12.1 Å². The SMILES string of the molecule is C1CCNCC1.O=C(CCO)c1ccccc1. The molecule has 0 saturated carbocycles. The average molecular weight is 235 g/mol. The summed E-state index contributed by atoms with van der Waals surface area (Å²) in [6, 6.07) is 8.97. The fourth-order valence-corrected chi connectivity index (χ4v) is 1.67. The van der Waals surface area contributed by atoms with Crippen molar-refractivity contribution < 1.29 is 9.90 Å². The highest BCUT2D eigenvalue weighted by molar-refractivity contribution is 5.95. The van der Waals surface area contributed by atoms with Crippen LogP contribution in [0.3, 0.4) is 0 Å². The zero-order valence-corrected chi connectivity index (χ0v) is 10.2. The van der Waals surface area contributed by atoms with E-state index in [1.807, 2.05) is 18.2 Å². The monoisotopic (exact) mass is 235 g/mol. The highest BCUT2D eigenvalue weighted by Crippen LogP contribution is 2.01. The summed E-state index contributed by atoms with van der Waals surface area (Å²) in [4.78, 5) is 11.1. The lowest BCUT2D eigenvalue weighted by molar-refractivity contribution is 0.0956. The van der Waals surface area contributed by atoms with Gasteiger partial charge in [-0.25, -0.2) is 0 Å². The fraction of sp³-hybridized carbons (Fsp3) is 0.500. The van der Waals surface area contributed by atoms with Crippen LogP contribution in [0.1, 0.15) is 36.0 Å². The molecular weight excluding hydrogens is 214 g/mol. The number of piperidine rings is 1. The van der Waals surface area contributed by atoms with Crippen molar-refractivity contribution >= 4 is 5.78 Å². The van der Waals surface area contributed by atoms with Gasteiger partial charge in [0, 0.05) is 12.0 Å². The first kappa shape index (κ1) is 13.9. The standard InChI is InChI=1S/C9H10O2.C5H11N/c10-7-6-9(11)8-4-2-1-3-5-8;1-2-4-6-5-3-1/h1-5,10H,6-7H2;6H,1-5H2. The molecule has 1 heterocycles. The van der Waals surface area contributed by atoms with Crippen molar-refractivity contribution in [3.63, 3.8) is 0 Å². The third kappa shape index (κ3) is 6.19. The lowest BCUT2D eigenvalue weighted by Crippen LogP contribution is -2.21. The lowest BCUT2D eigenvalue weighted by Gasteiger charge is -2.08. The normalized spacial score (nSPS) is 14.6. The van der Waals surface area contributed by atoms with E-state index in [-0.39, 0.29) is 18.8 Å². The van der Waals surface area contributed by atoms with Crippen molar-refractivity contribution in [2.24, 2.45) is 0 Å². The number of hydrogen-bond acceptors (Lipinski definition) is 3. The second-order valence-corrected chi connectivity index (χ2v) is 4.07. The van der Waals surface area contributed by atoms with Crippen LogP contribution in [0, 0.1) is 0 Å². The Balaban J connectivity index is 0.000000202. The van der Waals surface area contributed by atoms with E-state index >= 15 is 0 Å². The molecule has 1 aromatic carbocycles. The molecule has 1 fully saturated rings. The van der Waals surface area contributed by atoms with Gasteiger partial charge < -0.3 is 10.4 Å². The third-order valence-corrected chi connectivity index (χ3v) is 2.64. The molecule has 94 valence electrons. The number of carbonyl (C=O) groups is 1. The molecule has 0 atom stereocenters. The fourth-order valence-electron chi connectivity index (χ4n) is 1.67. The van der Waals surface area contributed by atoms with E-state index in [9.17, 15) is 4.79 Å². The van der Waals surface area contributed by atoms with Gasteiger partial charge in [-0.1, -0.05) is 36.8 Å². The van der Waals surface area contributed by atoms with Crippen LogP contribution in [0.2, 0.25) is 0 Å². The molecule has 2 N–H and O–H groups in total. The topological polar surface area (TPSA) is 49.3 Å². The lowest BCUT2D eigenvalue weighted by atomic mass is 10.1. The second kappa shape index (κ2) is 8.90. The number of aliphatic hydroxyl groups excluding tert-OH is 1. The minimum Gasteiger partial charge on any atom is -0.396 e. The van der Waals surface area contributed by atoms with Crippen molar-refractivity contribution in [3.8, 4) is 0 Å². The molecule has 0 radical (unpaired) electrons. The molecule has 0 amide bonds. The molecule has 3 nitrogen and oxygen atoms in total. The van der Waals surface area contributed by atoms with Gasteiger partial charge in [-0.3, -0.25) is 4.79 Å². The van der Waals surface area contributed by atoms with Gasteiger partial charge >= 0.3 is 0 Å². The summed E-state index contributed by atoms with van der Waals surface area (Å²) in [5.74, 6) is -0.00639. The summed E-state index contributed by atoms with van der Waals surface area (Å²) in [5.41, 5.74) is 0.668. The quantitative estimate of drug-likeness (QED) is 0.788. The Hall–Kier alpha value is -1.19. The molecule has 0 bridgehead atoms. The summed E-state index contributed by atoms with van der Waals surface area (Å²) < 4.78 is 0. The van der Waals surface area contributed by atoms with Gasteiger partial charge in [0.25, 0.3) is 0 Å². The van der Waals surface area contributed by atoms with Crippen LogP contribution in [-0.2, 0) is 0 Å². The largest absolute Gasteiger partial charge is 0.396 e. The van der Waals surface area contributed by atoms with Crippen LogP contribution >= 0.6 is 0 Å². The van der Waals surface area contributed by atoms with Gasteiger partial charge in [0.2, 0.25) is 0 Å². The van der Waals surface area contributed by atoms with E-state index < -0.39 is 0 Å². The first-order chi connectivity index (χ1) is 8.34. The van der Waals surface area contributed by atoms with Gasteiger partial charge in [-0.05, 0) is 25.9 Å². The summed E-state index contributed by atoms with van der Waals surface area (Å²) in [7, 11) is 0. The van der Waals surface area contributed by atoms with Crippen molar-refractivity contribution in [2.75, 3.05) is 19.7 Å². The van der Waals surface area contributed by atoms with E-state index in [0.717, 1.165) is 0 Å². The molecule has 0 aromatic heterocycles. The number of carbonyl (C=O) groups excluding carboxylic acids is 1. The molecule has 1 aliphatic heterocycles. The van der Waals surface area contributed by atoms with Crippen molar-refractivity contribution in [1.29, 1.82) is 0 Å². The minimum absolute atomic E-state index is 0.00639. The molecule has 0 spiro atoms. The maximum Gasteiger partial charge on any atom is 0.165 e. The van der Waals surface area contributed by atoms with Crippen molar-refractivity contribution in [1.82, 2.24) is 5.32 Å². The smallest absolute Gasteiger partial charge is 0.165 e. The Morgan fingerprint density at radius 1 is 1.12 bits per heavy atom. The molecule has 17 heavy (non-hydrogen) atoms. The maximum atomic E-state index is 11.1. The predicted octanol–water partition coefficient (Wildman–Crippen LogP) is 2.01. The van der Waals surface area contributed by atoms with E-state index in [1.165, 1.54) is 32.4 Å².